The van der Waals surface area contributed by atoms with Gasteiger partial charge >= 0.3 is 0 Å². The molecule has 1 fully saturated rings. The fraction of sp³-hybridized carbons (Fsp3) is 0.250. The highest BCUT2D eigenvalue weighted by Gasteiger charge is 2.33. The molecular weight excluding hydrogens is 312 g/mol. The Labute approximate surface area is 146 Å². The summed E-state index contributed by atoms with van der Waals surface area (Å²) in [4.78, 5) is 26.8. The number of benzene rings is 1. The zero-order chi connectivity index (χ0) is 17.2. The van der Waals surface area contributed by atoms with Gasteiger partial charge in [0.2, 0.25) is 0 Å². The Balaban J connectivity index is 1.60. The molecule has 25 heavy (non-hydrogen) atoms. The van der Waals surface area contributed by atoms with Crippen LogP contribution in [-0.2, 0) is 0 Å². The second-order valence-corrected chi connectivity index (χ2v) is 6.42. The molecule has 5 nitrogen and oxygen atoms in total. The average Bonchev–Trinajstić information content (AvgIpc) is 3.31. The van der Waals surface area contributed by atoms with Gasteiger partial charge in [-0.25, -0.2) is 4.98 Å². The molecule has 126 valence electrons. The number of amides is 1. The minimum absolute atomic E-state index is 0.0203. The van der Waals surface area contributed by atoms with E-state index in [9.17, 15) is 4.79 Å². The van der Waals surface area contributed by atoms with Crippen molar-refractivity contribution in [2.24, 2.45) is 0 Å². The number of aryl methyl sites for hydroxylation is 1. The molecule has 3 heterocycles. The van der Waals surface area contributed by atoms with Crippen molar-refractivity contribution in [3.63, 3.8) is 0 Å². The van der Waals surface area contributed by atoms with Crippen molar-refractivity contribution in [3.05, 3.63) is 71.9 Å². The summed E-state index contributed by atoms with van der Waals surface area (Å²) in [6, 6.07) is 13.7. The van der Waals surface area contributed by atoms with E-state index in [1.165, 1.54) is 5.56 Å². The standard InChI is InChI=1S/C20H20N4O/c1-14-6-4-7-15(12-14)17-13-22-19(23-17)18-9-5-11-24(18)20(25)16-8-2-3-10-21-16/h2-4,6-8,10,12-13,18H,5,9,11H2,1H3,(H,22,23)/t18-/m0/s1. The molecule has 0 radical (unpaired) electrons. The summed E-state index contributed by atoms with van der Waals surface area (Å²) < 4.78 is 0. The molecular formula is C20H20N4O. The van der Waals surface area contributed by atoms with E-state index >= 15 is 0 Å². The van der Waals surface area contributed by atoms with Crippen LogP contribution in [0.1, 0.15) is 40.8 Å². The first-order valence-corrected chi connectivity index (χ1v) is 8.56. The minimum atomic E-state index is -0.0309. The van der Waals surface area contributed by atoms with E-state index in [1.807, 2.05) is 29.3 Å². The number of H-pyrrole nitrogens is 1. The Bertz CT molecular complexity index is 887. The lowest BCUT2D eigenvalue weighted by atomic mass is 10.1. The molecule has 1 aliphatic rings. The lowest BCUT2D eigenvalue weighted by Gasteiger charge is -2.22. The largest absolute Gasteiger partial charge is 0.340 e. The van der Waals surface area contributed by atoms with Crippen LogP contribution in [-0.4, -0.2) is 32.3 Å². The molecule has 3 aromatic rings. The Hall–Kier alpha value is -2.95. The highest BCUT2D eigenvalue weighted by atomic mass is 16.2. The number of rotatable bonds is 3. The second-order valence-electron chi connectivity index (χ2n) is 6.42. The second kappa shape index (κ2) is 6.51. The first kappa shape index (κ1) is 15.6. The third-order valence-electron chi connectivity index (χ3n) is 4.64. The van der Waals surface area contributed by atoms with Crippen LogP contribution in [0.4, 0.5) is 0 Å². The topological polar surface area (TPSA) is 61.9 Å². The van der Waals surface area contributed by atoms with Gasteiger partial charge < -0.3 is 9.88 Å². The number of hydrogen-bond acceptors (Lipinski definition) is 3. The molecule has 1 N–H and O–H groups in total. The fourth-order valence-corrected chi connectivity index (χ4v) is 3.40. The molecule has 1 atom stereocenters. The molecule has 0 bridgehead atoms. The number of imidazole rings is 1. The van der Waals surface area contributed by atoms with Crippen LogP contribution in [0.5, 0.6) is 0 Å². The van der Waals surface area contributed by atoms with Gasteiger partial charge in [-0.3, -0.25) is 9.78 Å². The Kier molecular flexibility index (Phi) is 4.06. The molecule has 1 aliphatic heterocycles. The zero-order valence-electron chi connectivity index (χ0n) is 14.1. The SMILES string of the molecule is Cc1cccc(-c2cnc([C@@H]3CCCN3C(=O)c3ccccn3)[nH]2)c1. The van der Waals surface area contributed by atoms with E-state index in [4.69, 9.17) is 0 Å². The molecule has 0 unspecified atom stereocenters. The quantitative estimate of drug-likeness (QED) is 0.794. The number of nitrogens with one attached hydrogen (secondary N) is 1. The van der Waals surface area contributed by atoms with E-state index in [0.29, 0.717) is 5.69 Å². The van der Waals surface area contributed by atoms with Crippen molar-refractivity contribution >= 4 is 5.91 Å². The molecule has 0 aliphatic carbocycles. The predicted molar refractivity (Wildman–Crippen MR) is 96.0 cm³/mol. The summed E-state index contributed by atoms with van der Waals surface area (Å²) in [5, 5.41) is 0. The van der Waals surface area contributed by atoms with Gasteiger partial charge in [0.25, 0.3) is 5.91 Å². The third kappa shape index (κ3) is 3.05. The summed E-state index contributed by atoms with van der Waals surface area (Å²) in [7, 11) is 0. The first-order valence-electron chi connectivity index (χ1n) is 8.56. The Morgan fingerprint density at radius 3 is 2.92 bits per heavy atom. The van der Waals surface area contributed by atoms with E-state index < -0.39 is 0 Å². The maximum absolute atomic E-state index is 12.8. The van der Waals surface area contributed by atoms with Crippen LogP contribution in [0.25, 0.3) is 11.3 Å². The number of aromatic amines is 1. The van der Waals surface area contributed by atoms with E-state index in [1.54, 1.807) is 12.3 Å². The zero-order valence-corrected chi connectivity index (χ0v) is 14.1. The molecule has 5 heteroatoms. The lowest BCUT2D eigenvalue weighted by Crippen LogP contribution is -2.31. The monoisotopic (exact) mass is 332 g/mol. The van der Waals surface area contributed by atoms with Crippen molar-refractivity contribution < 1.29 is 4.79 Å². The number of likely N-dealkylation sites (tertiary alicyclic amines) is 1. The summed E-state index contributed by atoms with van der Waals surface area (Å²) in [5.74, 6) is 0.815. The highest BCUT2D eigenvalue weighted by molar-refractivity contribution is 5.92. The molecule has 1 saturated heterocycles. The van der Waals surface area contributed by atoms with Crippen LogP contribution in [0.3, 0.4) is 0 Å². The van der Waals surface area contributed by atoms with Crippen LogP contribution in [0.2, 0.25) is 0 Å². The summed E-state index contributed by atoms with van der Waals surface area (Å²) >= 11 is 0. The third-order valence-corrected chi connectivity index (χ3v) is 4.64. The molecule has 2 aromatic heterocycles. The Morgan fingerprint density at radius 2 is 2.12 bits per heavy atom. The average molecular weight is 332 g/mol. The Morgan fingerprint density at radius 1 is 1.20 bits per heavy atom. The van der Waals surface area contributed by atoms with Crippen molar-refractivity contribution in [2.45, 2.75) is 25.8 Å². The van der Waals surface area contributed by atoms with Gasteiger partial charge in [0.15, 0.2) is 0 Å². The predicted octanol–water partition coefficient (Wildman–Crippen LogP) is 3.76. The van der Waals surface area contributed by atoms with Gasteiger partial charge in [0.1, 0.15) is 11.5 Å². The van der Waals surface area contributed by atoms with Crippen molar-refractivity contribution in [2.75, 3.05) is 6.54 Å². The summed E-state index contributed by atoms with van der Waals surface area (Å²) in [6.45, 7) is 2.81. The summed E-state index contributed by atoms with van der Waals surface area (Å²) in [6.07, 6.45) is 5.40. The maximum Gasteiger partial charge on any atom is 0.273 e. The summed E-state index contributed by atoms with van der Waals surface area (Å²) in [5.41, 5.74) is 3.79. The molecule has 0 spiro atoms. The van der Waals surface area contributed by atoms with E-state index in [-0.39, 0.29) is 11.9 Å². The van der Waals surface area contributed by atoms with Crippen molar-refractivity contribution in [3.8, 4) is 11.3 Å². The van der Waals surface area contributed by atoms with Crippen molar-refractivity contribution in [1.29, 1.82) is 0 Å². The smallest absolute Gasteiger partial charge is 0.273 e. The van der Waals surface area contributed by atoms with Gasteiger partial charge in [0, 0.05) is 12.7 Å². The van der Waals surface area contributed by atoms with Crippen LogP contribution >= 0.6 is 0 Å². The highest BCUT2D eigenvalue weighted by Crippen LogP contribution is 2.32. The number of carbonyl (C=O) groups excluding carboxylic acids is 1. The number of carbonyl (C=O) groups is 1. The van der Waals surface area contributed by atoms with Crippen LogP contribution < -0.4 is 0 Å². The lowest BCUT2D eigenvalue weighted by molar-refractivity contribution is 0.0724. The molecule has 1 amide bonds. The van der Waals surface area contributed by atoms with Crippen LogP contribution in [0, 0.1) is 6.92 Å². The van der Waals surface area contributed by atoms with E-state index in [2.05, 4.69) is 40.1 Å². The van der Waals surface area contributed by atoms with Gasteiger partial charge in [-0.05, 0) is 43.5 Å². The number of aromatic nitrogens is 3. The number of pyridine rings is 1. The van der Waals surface area contributed by atoms with E-state index in [0.717, 1.165) is 36.5 Å². The first-order chi connectivity index (χ1) is 12.2. The van der Waals surface area contributed by atoms with Gasteiger partial charge in [-0.15, -0.1) is 0 Å². The number of hydrogen-bond donors (Lipinski definition) is 1. The molecule has 0 saturated carbocycles. The molecule has 4 rings (SSSR count). The van der Waals surface area contributed by atoms with Crippen LogP contribution in [0.15, 0.2) is 54.9 Å². The van der Waals surface area contributed by atoms with Crippen molar-refractivity contribution in [1.82, 2.24) is 19.9 Å². The van der Waals surface area contributed by atoms with Gasteiger partial charge in [0.05, 0.1) is 17.9 Å². The minimum Gasteiger partial charge on any atom is -0.340 e. The maximum atomic E-state index is 12.8. The molecule has 1 aromatic carbocycles. The van der Waals surface area contributed by atoms with Gasteiger partial charge in [-0.1, -0.05) is 29.8 Å². The van der Waals surface area contributed by atoms with Gasteiger partial charge in [-0.2, -0.15) is 0 Å². The normalized spacial score (nSPS) is 17.0. The number of nitrogens with zero attached hydrogens (tertiary/aromatic N) is 3. The fourth-order valence-electron chi connectivity index (χ4n) is 3.40.